The van der Waals surface area contributed by atoms with Gasteiger partial charge in [-0.2, -0.15) is 9.61 Å². The number of rotatable bonds is 4. The summed E-state index contributed by atoms with van der Waals surface area (Å²) in [5, 5.41) is 7.17. The van der Waals surface area contributed by atoms with Crippen LogP contribution >= 0.6 is 11.6 Å². The number of halogens is 1. The Morgan fingerprint density at radius 3 is 2.79 bits per heavy atom. The molecule has 0 saturated carbocycles. The third kappa shape index (κ3) is 3.73. The van der Waals surface area contributed by atoms with E-state index in [2.05, 4.69) is 25.4 Å². The molecule has 0 bridgehead atoms. The Morgan fingerprint density at radius 1 is 1.24 bits per heavy atom. The molecule has 10 heteroatoms. The maximum atomic E-state index is 12.3. The number of hydrogen-bond acceptors (Lipinski definition) is 6. The number of nitrogens with one attached hydrogen (secondary N) is 1. The first-order chi connectivity index (χ1) is 13.8. The van der Waals surface area contributed by atoms with E-state index in [0.29, 0.717) is 17.1 Å². The monoisotopic (exact) mass is 413 g/mol. The lowest BCUT2D eigenvalue weighted by molar-refractivity contribution is 0.196. The van der Waals surface area contributed by atoms with E-state index < -0.39 is 6.09 Å². The number of aryl methyl sites for hydroxylation is 2. The van der Waals surface area contributed by atoms with Gasteiger partial charge in [-0.15, -0.1) is 0 Å². The van der Waals surface area contributed by atoms with Gasteiger partial charge in [-0.25, -0.2) is 19.7 Å². The maximum Gasteiger partial charge on any atom is 0.414 e. The van der Waals surface area contributed by atoms with Crippen LogP contribution in [-0.2, 0) is 6.54 Å². The van der Waals surface area contributed by atoms with E-state index in [1.165, 1.54) is 10.6 Å². The van der Waals surface area contributed by atoms with Crippen LogP contribution in [0.4, 0.5) is 4.79 Å². The highest BCUT2D eigenvalue weighted by Gasteiger charge is 2.16. The summed E-state index contributed by atoms with van der Waals surface area (Å²) in [7, 11) is 0. The molecule has 0 aromatic carbocycles. The van der Waals surface area contributed by atoms with Crippen LogP contribution in [0, 0.1) is 13.8 Å². The normalized spacial score (nSPS) is 11.5. The highest BCUT2D eigenvalue weighted by atomic mass is 35.5. The fraction of sp³-hybridized carbons (Fsp3) is 0.316. The Labute approximate surface area is 171 Å². The van der Waals surface area contributed by atoms with E-state index in [1.807, 2.05) is 44.4 Å². The second kappa shape index (κ2) is 7.32. The number of amides is 1. The van der Waals surface area contributed by atoms with Gasteiger partial charge in [-0.3, -0.25) is 4.40 Å². The van der Waals surface area contributed by atoms with Crippen LogP contribution in [0.15, 0.2) is 24.5 Å². The molecular formula is C19H20ClN7O2. The Kier molecular flexibility index (Phi) is 4.83. The number of hydrogen-bond donors (Lipinski definition) is 1. The zero-order chi connectivity index (χ0) is 20.7. The van der Waals surface area contributed by atoms with Crippen LogP contribution in [-0.4, -0.2) is 35.1 Å². The zero-order valence-corrected chi connectivity index (χ0v) is 17.2. The minimum absolute atomic E-state index is 0.188. The van der Waals surface area contributed by atoms with Gasteiger partial charge in [0.05, 0.1) is 18.4 Å². The van der Waals surface area contributed by atoms with E-state index in [-0.39, 0.29) is 23.5 Å². The minimum atomic E-state index is -0.645. The number of aromatic nitrogens is 6. The first-order valence-corrected chi connectivity index (χ1v) is 9.51. The zero-order valence-electron chi connectivity index (χ0n) is 16.5. The highest BCUT2D eigenvalue weighted by molar-refractivity contribution is 6.29. The number of fused-ring (bicyclic) bond motifs is 2. The molecule has 4 aromatic heterocycles. The van der Waals surface area contributed by atoms with Gasteiger partial charge < -0.3 is 10.1 Å². The van der Waals surface area contributed by atoms with Crippen molar-refractivity contribution in [1.29, 1.82) is 0 Å². The molecule has 0 aliphatic carbocycles. The minimum Gasteiger partial charge on any atom is -0.391 e. The maximum absolute atomic E-state index is 12.3. The average Bonchev–Trinajstić information content (AvgIpc) is 3.24. The molecule has 150 valence electrons. The van der Waals surface area contributed by atoms with Crippen LogP contribution in [0.5, 0.6) is 5.88 Å². The largest absolute Gasteiger partial charge is 0.414 e. The molecule has 0 spiro atoms. The molecule has 1 amide bonds. The Bertz CT molecular complexity index is 1230. The first-order valence-electron chi connectivity index (χ1n) is 9.14. The van der Waals surface area contributed by atoms with Crippen LogP contribution in [0.3, 0.4) is 0 Å². The quantitative estimate of drug-likeness (QED) is 0.514. The summed E-state index contributed by atoms with van der Waals surface area (Å²) in [5.41, 5.74) is 4.05. The van der Waals surface area contributed by atoms with E-state index in [4.69, 9.17) is 16.3 Å². The van der Waals surface area contributed by atoms with Crippen molar-refractivity contribution in [3.05, 3.63) is 52.3 Å². The van der Waals surface area contributed by atoms with E-state index >= 15 is 0 Å². The summed E-state index contributed by atoms with van der Waals surface area (Å²) in [6.07, 6.45) is 2.89. The summed E-state index contributed by atoms with van der Waals surface area (Å²) < 4.78 is 8.75. The van der Waals surface area contributed by atoms with Gasteiger partial charge in [-0.1, -0.05) is 25.4 Å². The summed E-state index contributed by atoms with van der Waals surface area (Å²) >= 11 is 6.10. The average molecular weight is 414 g/mol. The van der Waals surface area contributed by atoms with Crippen molar-refractivity contribution in [2.75, 3.05) is 0 Å². The lowest BCUT2D eigenvalue weighted by atomic mass is 10.1. The molecule has 9 nitrogen and oxygen atoms in total. The molecule has 1 N–H and O–H groups in total. The number of ether oxygens (including phenoxy) is 1. The predicted octanol–water partition coefficient (Wildman–Crippen LogP) is 3.45. The second-order valence-corrected chi connectivity index (χ2v) is 7.48. The van der Waals surface area contributed by atoms with Gasteiger partial charge >= 0.3 is 6.09 Å². The summed E-state index contributed by atoms with van der Waals surface area (Å²) in [5.74, 6) is 0.983. The molecule has 0 aliphatic rings. The smallest absolute Gasteiger partial charge is 0.391 e. The second-order valence-electron chi connectivity index (χ2n) is 7.09. The van der Waals surface area contributed by atoms with Crippen LogP contribution in [0.2, 0.25) is 5.15 Å². The summed E-state index contributed by atoms with van der Waals surface area (Å²) in [4.78, 5) is 25.4. The van der Waals surface area contributed by atoms with Crippen molar-refractivity contribution in [2.24, 2.45) is 0 Å². The van der Waals surface area contributed by atoms with E-state index in [1.54, 1.807) is 6.20 Å². The Morgan fingerprint density at radius 2 is 2.03 bits per heavy atom. The third-order valence-corrected chi connectivity index (χ3v) is 4.67. The Balaban J connectivity index is 1.51. The third-order valence-electron chi connectivity index (χ3n) is 4.48. The number of nitrogens with zero attached hydrogens (tertiary/aromatic N) is 6. The van der Waals surface area contributed by atoms with Crippen molar-refractivity contribution in [3.8, 4) is 5.88 Å². The van der Waals surface area contributed by atoms with Crippen LogP contribution in [0.1, 0.15) is 42.4 Å². The topological polar surface area (TPSA) is 98.7 Å². The van der Waals surface area contributed by atoms with Gasteiger partial charge in [0.15, 0.2) is 5.65 Å². The lowest BCUT2D eigenvalue weighted by Crippen LogP contribution is -2.27. The van der Waals surface area contributed by atoms with Crippen LogP contribution < -0.4 is 10.1 Å². The number of carbonyl (C=O) groups excluding carboxylic acids is 1. The van der Waals surface area contributed by atoms with Crippen molar-refractivity contribution >= 4 is 29.1 Å². The molecule has 0 saturated heterocycles. The SMILES string of the molecule is Cc1cc(C)n2cc(CNC(=O)Oc3cc(Cl)nc4c(C(C)C)cnn34)nc2n1. The van der Waals surface area contributed by atoms with Crippen molar-refractivity contribution in [2.45, 2.75) is 40.2 Å². The summed E-state index contributed by atoms with van der Waals surface area (Å²) in [6, 6.07) is 3.42. The van der Waals surface area contributed by atoms with Gasteiger partial charge in [0.1, 0.15) is 5.15 Å². The molecule has 0 unspecified atom stereocenters. The van der Waals surface area contributed by atoms with Gasteiger partial charge in [0, 0.05) is 29.2 Å². The number of carbonyl (C=O) groups is 1. The van der Waals surface area contributed by atoms with Gasteiger partial charge in [0.25, 0.3) is 0 Å². The summed E-state index contributed by atoms with van der Waals surface area (Å²) in [6.45, 7) is 8.14. The van der Waals surface area contributed by atoms with E-state index in [0.717, 1.165) is 17.0 Å². The molecule has 0 atom stereocenters. The molecule has 29 heavy (non-hydrogen) atoms. The van der Waals surface area contributed by atoms with Crippen LogP contribution in [0.25, 0.3) is 11.4 Å². The fourth-order valence-electron chi connectivity index (χ4n) is 3.10. The van der Waals surface area contributed by atoms with E-state index in [9.17, 15) is 4.79 Å². The first kappa shape index (κ1) is 19.1. The van der Waals surface area contributed by atoms with Gasteiger partial charge in [0.2, 0.25) is 11.7 Å². The fourth-order valence-corrected chi connectivity index (χ4v) is 3.27. The van der Waals surface area contributed by atoms with Crippen molar-refractivity contribution in [3.63, 3.8) is 0 Å². The Hall–Kier alpha value is -3.20. The molecule has 0 aliphatic heterocycles. The molecule has 4 rings (SSSR count). The highest BCUT2D eigenvalue weighted by Crippen LogP contribution is 2.25. The molecule has 4 heterocycles. The standard InChI is InChI=1S/C19H20ClN7O2/c1-10(2)14-8-22-27-16(6-15(20)25-17(14)27)29-19(28)21-7-13-9-26-12(4)5-11(3)23-18(26)24-13/h5-6,8-10H,7H2,1-4H3,(H,21,28). The number of imidazole rings is 1. The molecule has 0 fully saturated rings. The lowest BCUT2D eigenvalue weighted by Gasteiger charge is -2.08. The predicted molar refractivity (Wildman–Crippen MR) is 107 cm³/mol. The van der Waals surface area contributed by atoms with Crippen molar-refractivity contribution < 1.29 is 9.53 Å². The molecule has 4 aromatic rings. The molecule has 0 radical (unpaired) electrons. The van der Waals surface area contributed by atoms with Crippen molar-refractivity contribution in [1.82, 2.24) is 34.3 Å². The molecular weight excluding hydrogens is 394 g/mol. The van der Waals surface area contributed by atoms with Gasteiger partial charge in [-0.05, 0) is 25.8 Å².